The number of hydrogen-bond donors (Lipinski definition) is 0. The molecule has 1 aliphatic rings. The molecule has 0 saturated carbocycles. The maximum Gasteiger partial charge on any atom is 0.233 e. The Balaban J connectivity index is 1.48. The maximum atomic E-state index is 13.3. The Labute approximate surface area is 177 Å². The number of nitrogens with zero attached hydrogens (tertiary/aromatic N) is 2. The smallest absolute Gasteiger partial charge is 0.233 e. The highest BCUT2D eigenvalue weighted by molar-refractivity contribution is 7.22. The first kappa shape index (κ1) is 18.7. The van der Waals surface area contributed by atoms with Gasteiger partial charge < -0.3 is 13.9 Å². The van der Waals surface area contributed by atoms with Crippen LogP contribution in [-0.4, -0.2) is 17.7 Å². The number of benzene rings is 2. The maximum absolute atomic E-state index is 13.3. The molecule has 1 amide bonds. The highest BCUT2D eigenvalue weighted by Crippen LogP contribution is 2.35. The standard InChI is InChI=1S/C23H20N2O4S/c1-14-8-15(2)22-20(9-14)30-23(24-22)25(12-17-4-3-7-27-17)21(26)11-16-5-6-18-19(10-16)29-13-28-18/h3-10H,11-13H2,1-2H3. The summed E-state index contributed by atoms with van der Waals surface area (Å²) in [5.74, 6) is 2.03. The average molecular weight is 420 g/mol. The zero-order chi connectivity index (χ0) is 20.7. The monoisotopic (exact) mass is 420 g/mol. The molecule has 1 aliphatic heterocycles. The number of rotatable bonds is 5. The van der Waals surface area contributed by atoms with Crippen LogP contribution >= 0.6 is 11.3 Å². The van der Waals surface area contributed by atoms with E-state index in [2.05, 4.69) is 19.1 Å². The van der Waals surface area contributed by atoms with Crippen molar-refractivity contribution < 1.29 is 18.7 Å². The molecule has 0 atom stereocenters. The SMILES string of the molecule is Cc1cc(C)c2nc(N(Cc3ccco3)C(=O)Cc3ccc4c(c3)OCO4)sc2c1. The third-order valence-corrected chi connectivity index (χ3v) is 6.06. The number of hydrogen-bond acceptors (Lipinski definition) is 6. The van der Waals surface area contributed by atoms with Crippen molar-refractivity contribution in [1.29, 1.82) is 0 Å². The Morgan fingerprint density at radius 2 is 2.00 bits per heavy atom. The predicted octanol–water partition coefficient (Wildman–Crippen LogP) is 5.01. The predicted molar refractivity (Wildman–Crippen MR) is 115 cm³/mol. The lowest BCUT2D eigenvalue weighted by atomic mass is 10.1. The summed E-state index contributed by atoms with van der Waals surface area (Å²) in [6, 6.07) is 13.5. The van der Waals surface area contributed by atoms with Gasteiger partial charge in [-0.1, -0.05) is 23.5 Å². The van der Waals surface area contributed by atoms with Gasteiger partial charge in [-0.05, 0) is 60.9 Å². The Morgan fingerprint density at radius 1 is 1.13 bits per heavy atom. The molecule has 0 N–H and O–H groups in total. The van der Waals surface area contributed by atoms with E-state index in [1.807, 2.05) is 37.3 Å². The van der Waals surface area contributed by atoms with Gasteiger partial charge in [-0.25, -0.2) is 4.98 Å². The minimum Gasteiger partial charge on any atom is -0.467 e. The molecule has 30 heavy (non-hydrogen) atoms. The van der Waals surface area contributed by atoms with Gasteiger partial charge in [0.15, 0.2) is 16.6 Å². The normalized spacial score (nSPS) is 12.5. The number of furan rings is 1. The average Bonchev–Trinajstić information content (AvgIpc) is 3.46. The highest BCUT2D eigenvalue weighted by Gasteiger charge is 2.23. The largest absolute Gasteiger partial charge is 0.467 e. The van der Waals surface area contributed by atoms with E-state index >= 15 is 0 Å². The Hall–Kier alpha value is -3.32. The van der Waals surface area contributed by atoms with Gasteiger partial charge >= 0.3 is 0 Å². The second-order valence-electron chi connectivity index (χ2n) is 7.35. The fraction of sp³-hybridized carbons (Fsp3) is 0.217. The van der Waals surface area contributed by atoms with E-state index in [-0.39, 0.29) is 19.1 Å². The summed E-state index contributed by atoms with van der Waals surface area (Å²) in [7, 11) is 0. The lowest BCUT2D eigenvalue weighted by Gasteiger charge is -2.19. The summed E-state index contributed by atoms with van der Waals surface area (Å²) in [6.07, 6.45) is 1.84. The van der Waals surface area contributed by atoms with E-state index in [0.29, 0.717) is 28.9 Å². The van der Waals surface area contributed by atoms with Crippen LogP contribution in [0.25, 0.3) is 10.2 Å². The number of aromatic nitrogens is 1. The van der Waals surface area contributed by atoms with Gasteiger partial charge in [0.1, 0.15) is 5.76 Å². The Bertz CT molecular complexity index is 1230. The molecule has 0 fully saturated rings. The van der Waals surface area contributed by atoms with Crippen LogP contribution in [0.2, 0.25) is 0 Å². The molecule has 5 rings (SSSR count). The molecule has 4 aromatic rings. The number of thiazole rings is 1. The van der Waals surface area contributed by atoms with Crippen molar-refractivity contribution in [3.05, 3.63) is 71.2 Å². The van der Waals surface area contributed by atoms with Crippen LogP contribution in [0, 0.1) is 13.8 Å². The van der Waals surface area contributed by atoms with Gasteiger partial charge in [0, 0.05) is 0 Å². The lowest BCUT2D eigenvalue weighted by Crippen LogP contribution is -2.31. The summed E-state index contributed by atoms with van der Waals surface area (Å²) in [5.41, 5.74) is 4.08. The van der Waals surface area contributed by atoms with Crippen LogP contribution in [-0.2, 0) is 17.8 Å². The number of fused-ring (bicyclic) bond motifs is 2. The number of ether oxygens (including phenoxy) is 2. The second kappa shape index (κ2) is 7.50. The van der Waals surface area contributed by atoms with Crippen LogP contribution in [0.5, 0.6) is 11.5 Å². The summed E-state index contributed by atoms with van der Waals surface area (Å²) >= 11 is 1.52. The second-order valence-corrected chi connectivity index (χ2v) is 8.36. The van der Waals surface area contributed by atoms with Gasteiger partial charge in [-0.3, -0.25) is 9.69 Å². The first-order valence-corrected chi connectivity index (χ1v) is 10.5. The van der Waals surface area contributed by atoms with Gasteiger partial charge in [-0.2, -0.15) is 0 Å². The quantitative estimate of drug-likeness (QED) is 0.454. The van der Waals surface area contributed by atoms with Crippen molar-refractivity contribution in [2.24, 2.45) is 0 Å². The van der Waals surface area contributed by atoms with Crippen LogP contribution in [0.3, 0.4) is 0 Å². The fourth-order valence-electron chi connectivity index (χ4n) is 3.62. The molecule has 3 heterocycles. The number of aryl methyl sites for hydroxylation is 2. The van der Waals surface area contributed by atoms with Crippen molar-refractivity contribution in [2.45, 2.75) is 26.8 Å². The summed E-state index contributed by atoms with van der Waals surface area (Å²) in [5, 5.41) is 0.667. The zero-order valence-electron chi connectivity index (χ0n) is 16.7. The number of carbonyl (C=O) groups is 1. The topological polar surface area (TPSA) is 64.8 Å². The van der Waals surface area contributed by atoms with E-state index < -0.39 is 0 Å². The molecule has 2 aromatic carbocycles. The summed E-state index contributed by atoms with van der Waals surface area (Å²) in [6.45, 7) is 4.65. The molecule has 0 unspecified atom stereocenters. The lowest BCUT2D eigenvalue weighted by molar-refractivity contribution is -0.118. The molecule has 0 aliphatic carbocycles. The van der Waals surface area contributed by atoms with E-state index in [4.69, 9.17) is 18.9 Å². The minimum atomic E-state index is -0.0568. The molecule has 0 radical (unpaired) electrons. The van der Waals surface area contributed by atoms with E-state index in [0.717, 1.165) is 21.3 Å². The van der Waals surface area contributed by atoms with E-state index in [1.54, 1.807) is 11.2 Å². The molecule has 0 bridgehead atoms. The van der Waals surface area contributed by atoms with E-state index in [9.17, 15) is 4.79 Å². The number of anilines is 1. The highest BCUT2D eigenvalue weighted by atomic mass is 32.1. The molecule has 0 spiro atoms. The van der Waals surface area contributed by atoms with Crippen LogP contribution < -0.4 is 14.4 Å². The molecule has 0 saturated heterocycles. The van der Waals surface area contributed by atoms with Crippen LogP contribution in [0.15, 0.2) is 53.1 Å². The first-order valence-electron chi connectivity index (χ1n) is 9.66. The summed E-state index contributed by atoms with van der Waals surface area (Å²) < 4.78 is 17.4. The number of carbonyl (C=O) groups excluding carboxylic acids is 1. The third-order valence-electron chi connectivity index (χ3n) is 5.04. The minimum absolute atomic E-state index is 0.0568. The van der Waals surface area contributed by atoms with Gasteiger partial charge in [-0.15, -0.1) is 0 Å². The summed E-state index contributed by atoms with van der Waals surface area (Å²) in [4.78, 5) is 19.8. The first-order chi connectivity index (χ1) is 14.6. The molecular formula is C23H20N2O4S. The molecule has 7 heteroatoms. The number of amides is 1. The van der Waals surface area contributed by atoms with Gasteiger partial charge in [0.2, 0.25) is 12.7 Å². The zero-order valence-corrected chi connectivity index (χ0v) is 17.5. The van der Waals surface area contributed by atoms with Crippen LogP contribution in [0.4, 0.5) is 5.13 Å². The van der Waals surface area contributed by atoms with Crippen molar-refractivity contribution >= 4 is 32.6 Å². The van der Waals surface area contributed by atoms with Crippen molar-refractivity contribution in [3.63, 3.8) is 0 Å². The molecular weight excluding hydrogens is 400 g/mol. The Kier molecular flexibility index (Phi) is 4.67. The fourth-order valence-corrected chi connectivity index (χ4v) is 4.77. The molecule has 2 aromatic heterocycles. The van der Waals surface area contributed by atoms with Crippen molar-refractivity contribution in [1.82, 2.24) is 4.98 Å². The van der Waals surface area contributed by atoms with Gasteiger partial charge in [0.25, 0.3) is 0 Å². The van der Waals surface area contributed by atoms with Crippen LogP contribution in [0.1, 0.15) is 22.5 Å². The molecule has 152 valence electrons. The molecule has 6 nitrogen and oxygen atoms in total. The third kappa shape index (κ3) is 3.52. The van der Waals surface area contributed by atoms with Crippen molar-refractivity contribution in [2.75, 3.05) is 11.7 Å². The van der Waals surface area contributed by atoms with E-state index in [1.165, 1.54) is 16.9 Å². The van der Waals surface area contributed by atoms with Crippen molar-refractivity contribution in [3.8, 4) is 11.5 Å². The Morgan fingerprint density at radius 3 is 2.83 bits per heavy atom. The van der Waals surface area contributed by atoms with Gasteiger partial charge in [0.05, 0.1) is 29.4 Å².